The Labute approximate surface area is 283 Å². The molecule has 2 aliphatic carbocycles. The van der Waals surface area contributed by atoms with E-state index in [2.05, 4.69) is 16.0 Å². The second-order valence-corrected chi connectivity index (χ2v) is 16.7. The van der Waals surface area contributed by atoms with Gasteiger partial charge in [-0.1, -0.05) is 98.6 Å². The number of benzene rings is 1. The second-order valence-electron chi connectivity index (χ2n) is 16.7. The van der Waals surface area contributed by atoms with Gasteiger partial charge in [0.25, 0.3) is 5.91 Å². The summed E-state index contributed by atoms with van der Waals surface area (Å²) in [4.78, 5) is 80.8. The van der Waals surface area contributed by atoms with E-state index in [1.165, 1.54) is 4.90 Å². The summed E-state index contributed by atoms with van der Waals surface area (Å²) in [6, 6.07) is 4.54. The van der Waals surface area contributed by atoms with Crippen LogP contribution in [0.3, 0.4) is 0 Å². The highest BCUT2D eigenvalue weighted by Gasteiger charge is 2.70. The Morgan fingerprint density at radius 3 is 2.10 bits per heavy atom. The third-order valence-electron chi connectivity index (χ3n) is 9.92. The third-order valence-corrected chi connectivity index (χ3v) is 9.92. The average molecular weight is 668 g/mol. The molecule has 12 heteroatoms. The van der Waals surface area contributed by atoms with E-state index in [0.29, 0.717) is 19.4 Å². The number of urea groups is 1. The van der Waals surface area contributed by atoms with Crippen LogP contribution in [0.5, 0.6) is 0 Å². The average Bonchev–Trinajstić information content (AvgIpc) is 3.84. The highest BCUT2D eigenvalue weighted by molar-refractivity contribution is 6.37. The van der Waals surface area contributed by atoms with E-state index in [-0.39, 0.29) is 35.2 Å². The smallest absolute Gasteiger partial charge is 0.329 e. The predicted octanol–water partition coefficient (Wildman–Crippen LogP) is 3.07. The standard InChI is InChI=1S/C36H53N5O7/c1-34(2,3)17-24(32(46)48-19-21-12-10-9-11-13-21)39-33(47)40-28(35(4,5)6)31(45)41-18-22-25(36(22,7)8)26(41)30(44)38-23(16-20-14-15-20)27(42)29(37)43/h9-13,20,22-26,28H,14-19H2,1-8H3,(H2,37,43)(H,38,44)(H2,39,40,47)/t22-,23?,24-,25-,26-,28+/m0/s1. The zero-order valence-corrected chi connectivity index (χ0v) is 29.6. The lowest BCUT2D eigenvalue weighted by Gasteiger charge is -2.38. The van der Waals surface area contributed by atoms with Crippen molar-refractivity contribution in [3.63, 3.8) is 0 Å². The minimum atomic E-state index is -1.11. The van der Waals surface area contributed by atoms with E-state index in [1.807, 2.05) is 85.7 Å². The molecule has 6 atom stereocenters. The fourth-order valence-corrected chi connectivity index (χ4v) is 6.94. The molecule has 264 valence electrons. The molecule has 1 heterocycles. The zero-order chi connectivity index (χ0) is 35.8. The number of ketones is 1. The Hall–Kier alpha value is -3.96. The number of piperidine rings is 1. The van der Waals surface area contributed by atoms with Gasteiger partial charge in [-0.05, 0) is 52.4 Å². The molecule has 3 fully saturated rings. The molecule has 3 aliphatic rings. The lowest BCUT2D eigenvalue weighted by atomic mass is 9.85. The van der Waals surface area contributed by atoms with E-state index in [1.54, 1.807) is 0 Å². The molecule has 5 amide bonds. The Balaban J connectivity index is 1.50. The third kappa shape index (κ3) is 8.93. The first kappa shape index (κ1) is 36.9. The summed E-state index contributed by atoms with van der Waals surface area (Å²) in [5.41, 5.74) is 4.80. The van der Waals surface area contributed by atoms with Crippen LogP contribution in [0.4, 0.5) is 4.79 Å². The SMILES string of the molecule is CC(C)(C)C[C@H](NC(=O)N[C@H](C(=O)N1C[C@H]2[C@@H]([C@H]1C(=O)NC(CC1CC1)C(=O)C(N)=O)C2(C)C)C(C)(C)C)C(=O)OCc1ccccc1. The monoisotopic (exact) mass is 667 g/mol. The van der Waals surface area contributed by atoms with Gasteiger partial charge < -0.3 is 31.3 Å². The molecule has 2 saturated carbocycles. The number of Topliss-reactive ketones (excluding diaryl/α,β-unsaturated/α-hetero) is 1. The summed E-state index contributed by atoms with van der Waals surface area (Å²) in [5.74, 6) is -3.38. The van der Waals surface area contributed by atoms with Gasteiger partial charge in [0.1, 0.15) is 24.7 Å². The number of amides is 5. The number of nitrogens with zero attached hydrogens (tertiary/aromatic N) is 1. The van der Waals surface area contributed by atoms with Crippen molar-refractivity contribution < 1.29 is 33.5 Å². The van der Waals surface area contributed by atoms with Crippen LogP contribution in [0, 0.1) is 34.0 Å². The number of likely N-dealkylation sites (tertiary alicyclic amines) is 1. The Kier molecular flexibility index (Phi) is 10.7. The molecule has 1 aliphatic heterocycles. The van der Waals surface area contributed by atoms with Gasteiger partial charge in [-0.3, -0.25) is 19.2 Å². The summed E-state index contributed by atoms with van der Waals surface area (Å²) >= 11 is 0. The molecule has 1 unspecified atom stereocenters. The Morgan fingerprint density at radius 2 is 1.56 bits per heavy atom. The highest BCUT2D eigenvalue weighted by Crippen LogP contribution is 2.65. The quantitative estimate of drug-likeness (QED) is 0.185. The van der Waals surface area contributed by atoms with Crippen molar-refractivity contribution >= 4 is 35.5 Å². The van der Waals surface area contributed by atoms with Crippen LogP contribution in [0.15, 0.2) is 30.3 Å². The van der Waals surface area contributed by atoms with Gasteiger partial charge in [0.15, 0.2) is 0 Å². The molecule has 0 radical (unpaired) electrons. The topological polar surface area (TPSA) is 177 Å². The summed E-state index contributed by atoms with van der Waals surface area (Å²) in [5, 5.41) is 8.30. The maximum Gasteiger partial charge on any atom is 0.329 e. The molecule has 1 aromatic carbocycles. The van der Waals surface area contributed by atoms with Gasteiger partial charge in [0.2, 0.25) is 17.6 Å². The molecule has 4 rings (SSSR count). The summed E-state index contributed by atoms with van der Waals surface area (Å²) in [6.07, 6.45) is 2.43. The van der Waals surface area contributed by atoms with Crippen molar-refractivity contribution in [2.45, 2.75) is 112 Å². The van der Waals surface area contributed by atoms with E-state index < -0.39 is 65.1 Å². The number of primary amides is 1. The first-order valence-corrected chi connectivity index (χ1v) is 16.9. The lowest BCUT2D eigenvalue weighted by Crippen LogP contribution is -2.62. The Morgan fingerprint density at radius 1 is 0.938 bits per heavy atom. The van der Waals surface area contributed by atoms with Crippen LogP contribution in [0.2, 0.25) is 0 Å². The predicted molar refractivity (Wildman–Crippen MR) is 179 cm³/mol. The Bertz CT molecular complexity index is 1410. The molecule has 5 N–H and O–H groups in total. The summed E-state index contributed by atoms with van der Waals surface area (Å²) in [7, 11) is 0. The van der Waals surface area contributed by atoms with Crippen LogP contribution in [-0.4, -0.2) is 71.1 Å². The normalized spacial score (nSPS) is 23.2. The minimum Gasteiger partial charge on any atom is -0.459 e. The first-order chi connectivity index (χ1) is 22.2. The number of carbonyl (C=O) groups is 6. The number of nitrogens with two attached hydrogens (primary N) is 1. The fraction of sp³-hybridized carbons (Fsp3) is 0.667. The minimum absolute atomic E-state index is 0.0518. The highest BCUT2D eigenvalue weighted by atomic mass is 16.5. The van der Waals surface area contributed by atoms with Crippen molar-refractivity contribution in [2.75, 3.05) is 6.54 Å². The van der Waals surface area contributed by atoms with Crippen LogP contribution >= 0.6 is 0 Å². The molecular weight excluding hydrogens is 614 g/mol. The molecule has 12 nitrogen and oxygen atoms in total. The van der Waals surface area contributed by atoms with Gasteiger partial charge in [-0.25, -0.2) is 9.59 Å². The maximum atomic E-state index is 14.3. The van der Waals surface area contributed by atoms with Crippen molar-refractivity contribution in [1.82, 2.24) is 20.9 Å². The number of fused-ring (bicyclic) bond motifs is 1. The van der Waals surface area contributed by atoms with Gasteiger partial charge in [-0.2, -0.15) is 0 Å². The molecule has 0 spiro atoms. The maximum absolute atomic E-state index is 14.3. The molecule has 0 aromatic heterocycles. The van der Waals surface area contributed by atoms with Crippen molar-refractivity contribution in [3.05, 3.63) is 35.9 Å². The molecule has 1 aromatic rings. The number of nitrogens with one attached hydrogen (secondary N) is 3. The van der Waals surface area contributed by atoms with Crippen LogP contribution < -0.4 is 21.7 Å². The lowest BCUT2D eigenvalue weighted by molar-refractivity contribution is -0.148. The van der Waals surface area contributed by atoms with Crippen molar-refractivity contribution in [1.29, 1.82) is 0 Å². The second kappa shape index (κ2) is 13.9. The van der Waals surface area contributed by atoms with E-state index >= 15 is 0 Å². The molecule has 48 heavy (non-hydrogen) atoms. The number of hydrogen-bond donors (Lipinski definition) is 4. The number of hydrogen-bond acceptors (Lipinski definition) is 7. The number of carbonyl (C=O) groups excluding carboxylic acids is 6. The van der Waals surface area contributed by atoms with E-state index in [0.717, 1.165) is 18.4 Å². The molecule has 1 saturated heterocycles. The van der Waals surface area contributed by atoms with Gasteiger partial charge in [-0.15, -0.1) is 0 Å². The number of esters is 1. The van der Waals surface area contributed by atoms with Crippen molar-refractivity contribution in [3.8, 4) is 0 Å². The first-order valence-electron chi connectivity index (χ1n) is 16.9. The number of ether oxygens (including phenoxy) is 1. The van der Waals surface area contributed by atoms with E-state index in [9.17, 15) is 28.8 Å². The van der Waals surface area contributed by atoms with Crippen LogP contribution in [0.1, 0.15) is 86.6 Å². The van der Waals surface area contributed by atoms with Crippen LogP contribution in [-0.2, 0) is 35.3 Å². The number of rotatable bonds is 13. The van der Waals surface area contributed by atoms with Gasteiger partial charge in [0, 0.05) is 6.54 Å². The van der Waals surface area contributed by atoms with Gasteiger partial charge >= 0.3 is 12.0 Å². The van der Waals surface area contributed by atoms with Crippen molar-refractivity contribution in [2.24, 2.45) is 39.7 Å². The largest absolute Gasteiger partial charge is 0.459 e. The summed E-state index contributed by atoms with van der Waals surface area (Å²) < 4.78 is 5.55. The molecular formula is C36H53N5O7. The van der Waals surface area contributed by atoms with Gasteiger partial charge in [0.05, 0.1) is 6.04 Å². The molecule has 0 bridgehead atoms. The van der Waals surface area contributed by atoms with Crippen LogP contribution in [0.25, 0.3) is 0 Å². The van der Waals surface area contributed by atoms with E-state index in [4.69, 9.17) is 10.5 Å². The zero-order valence-electron chi connectivity index (χ0n) is 29.6. The summed E-state index contributed by atoms with van der Waals surface area (Å²) in [6.45, 7) is 15.7. The fourth-order valence-electron chi connectivity index (χ4n) is 6.94.